The van der Waals surface area contributed by atoms with E-state index in [1.165, 1.54) is 12.8 Å². The molecule has 2 bridgehead atoms. The van der Waals surface area contributed by atoms with E-state index in [4.69, 9.17) is 0 Å². The number of fused-ring (bicyclic) bond motifs is 2. The molecule has 2 atom stereocenters. The third-order valence-corrected chi connectivity index (χ3v) is 3.19. The first-order valence-corrected chi connectivity index (χ1v) is 5.44. The van der Waals surface area contributed by atoms with Crippen molar-refractivity contribution < 1.29 is 4.79 Å². The maximum absolute atomic E-state index is 11.7. The average Bonchev–Trinajstić information content (AvgIpc) is 2.46. The molecule has 0 saturated carbocycles. The molecule has 0 aliphatic carbocycles. The van der Waals surface area contributed by atoms with Gasteiger partial charge >= 0.3 is 0 Å². The fourth-order valence-corrected chi connectivity index (χ4v) is 2.42. The quantitative estimate of drug-likeness (QED) is 0.663. The highest BCUT2D eigenvalue weighted by atomic mass is 16.2. The first-order chi connectivity index (χ1) is 6.79. The summed E-state index contributed by atoms with van der Waals surface area (Å²) in [5, 5.41) is 3.56. The first-order valence-electron chi connectivity index (χ1n) is 5.44. The predicted molar refractivity (Wildman–Crippen MR) is 56.0 cm³/mol. The van der Waals surface area contributed by atoms with Crippen molar-refractivity contribution in [3.8, 4) is 0 Å². The molecule has 3 nitrogen and oxygen atoms in total. The molecule has 0 radical (unpaired) electrons. The summed E-state index contributed by atoms with van der Waals surface area (Å²) in [7, 11) is 0. The van der Waals surface area contributed by atoms with E-state index in [0.29, 0.717) is 18.5 Å². The summed E-state index contributed by atoms with van der Waals surface area (Å²) < 4.78 is 0. The Balaban J connectivity index is 1.94. The molecule has 1 amide bonds. The maximum atomic E-state index is 11.7. The molecule has 78 valence electrons. The molecule has 2 fully saturated rings. The summed E-state index contributed by atoms with van der Waals surface area (Å²) >= 11 is 0. The van der Waals surface area contributed by atoms with E-state index in [9.17, 15) is 4.79 Å². The minimum Gasteiger partial charge on any atom is -0.341 e. The van der Waals surface area contributed by atoms with Crippen LogP contribution < -0.4 is 5.32 Å². The summed E-state index contributed by atoms with van der Waals surface area (Å²) in [6, 6.07) is 1.19. The van der Waals surface area contributed by atoms with Crippen molar-refractivity contribution in [2.24, 2.45) is 0 Å². The lowest BCUT2D eigenvalue weighted by molar-refractivity contribution is -0.130. The smallest absolute Gasteiger partial charge is 0.226 e. The van der Waals surface area contributed by atoms with Gasteiger partial charge in [0.25, 0.3) is 0 Å². The standard InChI is InChI=1S/C11H18N2O/c1-2-3-11(14)13-7-6-9-4-5-10(8-13)12-9/h2,9-10,12H,1,3-8H2. The monoisotopic (exact) mass is 194 g/mol. The predicted octanol–water partition coefficient (Wildman–Crippen LogP) is 0.915. The molecule has 0 aromatic carbocycles. The Kier molecular flexibility index (Phi) is 2.87. The van der Waals surface area contributed by atoms with E-state index in [0.717, 1.165) is 19.5 Å². The van der Waals surface area contributed by atoms with E-state index in [1.807, 2.05) is 4.90 Å². The van der Waals surface area contributed by atoms with Crippen molar-refractivity contribution in [1.82, 2.24) is 10.2 Å². The topological polar surface area (TPSA) is 32.3 Å². The Morgan fingerprint density at radius 1 is 1.43 bits per heavy atom. The van der Waals surface area contributed by atoms with Gasteiger partial charge in [0.15, 0.2) is 0 Å². The Morgan fingerprint density at radius 3 is 3.00 bits per heavy atom. The van der Waals surface area contributed by atoms with E-state index in [1.54, 1.807) is 6.08 Å². The highest BCUT2D eigenvalue weighted by Gasteiger charge is 2.30. The van der Waals surface area contributed by atoms with Crippen molar-refractivity contribution in [2.75, 3.05) is 13.1 Å². The molecule has 0 aromatic rings. The Hall–Kier alpha value is -0.830. The summed E-state index contributed by atoms with van der Waals surface area (Å²) in [6.07, 6.45) is 5.80. The zero-order chi connectivity index (χ0) is 9.97. The van der Waals surface area contributed by atoms with Gasteiger partial charge in [0.2, 0.25) is 5.91 Å². The van der Waals surface area contributed by atoms with Gasteiger partial charge < -0.3 is 10.2 Å². The van der Waals surface area contributed by atoms with E-state index >= 15 is 0 Å². The van der Waals surface area contributed by atoms with Crippen molar-refractivity contribution >= 4 is 5.91 Å². The highest BCUT2D eigenvalue weighted by Crippen LogP contribution is 2.20. The number of carbonyl (C=O) groups excluding carboxylic acids is 1. The lowest BCUT2D eigenvalue weighted by atomic mass is 10.1. The molecule has 3 heteroatoms. The van der Waals surface area contributed by atoms with Crippen LogP contribution in [0.3, 0.4) is 0 Å². The largest absolute Gasteiger partial charge is 0.341 e. The van der Waals surface area contributed by atoms with E-state index < -0.39 is 0 Å². The van der Waals surface area contributed by atoms with Gasteiger partial charge in [0, 0.05) is 31.6 Å². The van der Waals surface area contributed by atoms with Gasteiger partial charge in [-0.2, -0.15) is 0 Å². The lowest BCUT2D eigenvalue weighted by Gasteiger charge is -2.23. The maximum Gasteiger partial charge on any atom is 0.226 e. The van der Waals surface area contributed by atoms with Crippen LogP contribution in [0.1, 0.15) is 25.7 Å². The molecule has 2 aliphatic heterocycles. The minimum atomic E-state index is 0.231. The number of hydrogen-bond donors (Lipinski definition) is 1. The molecule has 2 rings (SSSR count). The van der Waals surface area contributed by atoms with E-state index in [-0.39, 0.29) is 5.91 Å². The van der Waals surface area contributed by atoms with Gasteiger partial charge in [-0.1, -0.05) is 6.08 Å². The summed E-state index contributed by atoms with van der Waals surface area (Å²) in [5.41, 5.74) is 0. The number of nitrogens with one attached hydrogen (secondary N) is 1. The van der Waals surface area contributed by atoms with Crippen molar-refractivity contribution in [1.29, 1.82) is 0 Å². The van der Waals surface area contributed by atoms with Crippen LogP contribution in [0.5, 0.6) is 0 Å². The SMILES string of the molecule is C=CCC(=O)N1CCC2CCC(C1)N2. The van der Waals surface area contributed by atoms with Gasteiger partial charge in [-0.25, -0.2) is 0 Å². The molecule has 14 heavy (non-hydrogen) atoms. The normalized spacial score (nSPS) is 31.3. The fraction of sp³-hybridized carbons (Fsp3) is 0.727. The third-order valence-electron chi connectivity index (χ3n) is 3.19. The Morgan fingerprint density at radius 2 is 2.21 bits per heavy atom. The van der Waals surface area contributed by atoms with Crippen molar-refractivity contribution in [3.63, 3.8) is 0 Å². The zero-order valence-electron chi connectivity index (χ0n) is 8.54. The number of hydrogen-bond acceptors (Lipinski definition) is 2. The highest BCUT2D eigenvalue weighted by molar-refractivity contribution is 5.77. The van der Waals surface area contributed by atoms with Crippen LogP contribution in [0, 0.1) is 0 Å². The molecule has 2 heterocycles. The van der Waals surface area contributed by atoms with E-state index in [2.05, 4.69) is 11.9 Å². The fourth-order valence-electron chi connectivity index (χ4n) is 2.42. The molecule has 2 aliphatic rings. The molecule has 2 unspecified atom stereocenters. The summed E-state index contributed by atoms with van der Waals surface area (Å²) in [4.78, 5) is 13.6. The number of amides is 1. The second-order valence-corrected chi connectivity index (χ2v) is 4.26. The molecular weight excluding hydrogens is 176 g/mol. The molecule has 2 saturated heterocycles. The molecule has 0 spiro atoms. The van der Waals surface area contributed by atoms with Crippen molar-refractivity contribution in [3.05, 3.63) is 12.7 Å². The van der Waals surface area contributed by atoms with Crippen LogP contribution in [0.4, 0.5) is 0 Å². The van der Waals surface area contributed by atoms with Crippen LogP contribution in [-0.4, -0.2) is 36.0 Å². The van der Waals surface area contributed by atoms with Gasteiger partial charge in [0.05, 0.1) is 0 Å². The number of likely N-dealkylation sites (tertiary alicyclic amines) is 1. The molecule has 1 N–H and O–H groups in total. The Bertz CT molecular complexity index is 239. The van der Waals surface area contributed by atoms with Crippen LogP contribution in [-0.2, 0) is 4.79 Å². The van der Waals surface area contributed by atoms with Crippen LogP contribution >= 0.6 is 0 Å². The first kappa shape index (κ1) is 9.71. The zero-order valence-corrected chi connectivity index (χ0v) is 8.54. The number of nitrogens with zero attached hydrogens (tertiary/aromatic N) is 1. The second kappa shape index (κ2) is 4.13. The summed E-state index contributed by atoms with van der Waals surface area (Å²) in [5.74, 6) is 0.231. The van der Waals surface area contributed by atoms with Gasteiger partial charge in [-0.3, -0.25) is 4.79 Å². The summed E-state index contributed by atoms with van der Waals surface area (Å²) in [6.45, 7) is 5.41. The second-order valence-electron chi connectivity index (χ2n) is 4.26. The Labute approximate surface area is 85.2 Å². The molecule has 0 aromatic heterocycles. The van der Waals surface area contributed by atoms with Crippen LogP contribution in [0.25, 0.3) is 0 Å². The third kappa shape index (κ3) is 1.98. The van der Waals surface area contributed by atoms with Gasteiger partial charge in [0.1, 0.15) is 0 Å². The number of rotatable bonds is 2. The van der Waals surface area contributed by atoms with Gasteiger partial charge in [-0.05, 0) is 19.3 Å². The van der Waals surface area contributed by atoms with Crippen LogP contribution in [0.2, 0.25) is 0 Å². The van der Waals surface area contributed by atoms with Gasteiger partial charge in [-0.15, -0.1) is 6.58 Å². The number of carbonyl (C=O) groups is 1. The van der Waals surface area contributed by atoms with Crippen molar-refractivity contribution in [2.45, 2.75) is 37.8 Å². The van der Waals surface area contributed by atoms with Crippen LogP contribution in [0.15, 0.2) is 12.7 Å². The lowest BCUT2D eigenvalue weighted by Crippen LogP contribution is -2.38. The molecular formula is C11H18N2O. The minimum absolute atomic E-state index is 0.231. The average molecular weight is 194 g/mol.